The number of rotatable bonds is 7. The highest BCUT2D eigenvalue weighted by atomic mass is 32.2. The summed E-state index contributed by atoms with van der Waals surface area (Å²) in [7, 11) is -2.10. The van der Waals surface area contributed by atoms with Gasteiger partial charge in [0.1, 0.15) is 5.75 Å². The van der Waals surface area contributed by atoms with Crippen LogP contribution in [-0.4, -0.2) is 68.9 Å². The molecule has 0 radical (unpaired) electrons. The molecule has 1 saturated heterocycles. The maximum atomic E-state index is 12.9. The van der Waals surface area contributed by atoms with Crippen molar-refractivity contribution in [2.45, 2.75) is 24.4 Å². The Balaban J connectivity index is 1.49. The van der Waals surface area contributed by atoms with Gasteiger partial charge in [-0.2, -0.15) is 4.31 Å². The molecule has 0 spiro atoms. The van der Waals surface area contributed by atoms with E-state index in [4.69, 9.17) is 4.74 Å². The Morgan fingerprint density at radius 3 is 2.22 bits per heavy atom. The summed E-state index contributed by atoms with van der Waals surface area (Å²) in [6, 6.07) is 14.5. The van der Waals surface area contributed by atoms with Gasteiger partial charge in [-0.05, 0) is 36.8 Å². The minimum absolute atomic E-state index is 0.202. The molecule has 3 amide bonds. The van der Waals surface area contributed by atoms with Crippen molar-refractivity contribution in [3.63, 3.8) is 0 Å². The molecule has 3 rings (SSSR count). The molecule has 1 fully saturated rings. The number of ether oxygens (including phenoxy) is 1. The van der Waals surface area contributed by atoms with Crippen LogP contribution in [0, 0.1) is 0 Å². The quantitative estimate of drug-likeness (QED) is 0.647. The molecule has 0 saturated carbocycles. The Bertz CT molecular complexity index is 1020. The van der Waals surface area contributed by atoms with Crippen LogP contribution in [0.1, 0.15) is 12.5 Å². The van der Waals surface area contributed by atoms with Crippen molar-refractivity contribution in [1.29, 1.82) is 0 Å². The van der Waals surface area contributed by atoms with Crippen LogP contribution < -0.4 is 15.4 Å². The number of piperazine rings is 1. The first-order valence-corrected chi connectivity index (χ1v) is 11.8. The lowest BCUT2D eigenvalue weighted by Gasteiger charge is -2.36. The van der Waals surface area contributed by atoms with Crippen molar-refractivity contribution in [3.05, 3.63) is 60.2 Å². The molecule has 0 bridgehead atoms. The molecule has 172 valence electrons. The normalized spacial score (nSPS) is 16.2. The highest BCUT2D eigenvalue weighted by molar-refractivity contribution is 7.89. The Morgan fingerprint density at radius 2 is 1.62 bits per heavy atom. The van der Waals surface area contributed by atoms with E-state index in [1.54, 1.807) is 19.1 Å². The Kier molecular flexibility index (Phi) is 7.84. The molecule has 1 aliphatic heterocycles. The number of sulfonamides is 1. The van der Waals surface area contributed by atoms with Crippen LogP contribution in [0.25, 0.3) is 0 Å². The molecule has 1 heterocycles. The van der Waals surface area contributed by atoms with Crippen LogP contribution in [0.15, 0.2) is 59.5 Å². The van der Waals surface area contributed by atoms with Gasteiger partial charge in [0.25, 0.3) is 0 Å². The van der Waals surface area contributed by atoms with Gasteiger partial charge < -0.3 is 10.1 Å². The lowest BCUT2D eigenvalue weighted by Crippen LogP contribution is -2.56. The predicted molar refractivity (Wildman–Crippen MR) is 120 cm³/mol. The van der Waals surface area contributed by atoms with Gasteiger partial charge in [-0.25, -0.2) is 13.2 Å². The van der Waals surface area contributed by atoms with E-state index in [-0.39, 0.29) is 18.0 Å². The number of urea groups is 1. The molecule has 2 N–H and O–H groups in total. The van der Waals surface area contributed by atoms with E-state index in [0.29, 0.717) is 25.4 Å². The molecule has 32 heavy (non-hydrogen) atoms. The molecule has 2 aromatic rings. The van der Waals surface area contributed by atoms with Gasteiger partial charge in [-0.1, -0.05) is 30.3 Å². The standard InChI is InChI=1S/C22H28N4O5S/c1-17(21(27)24-22(28)23-16-18-6-4-3-5-7-18)25-12-14-26(15-13-25)32(29,30)20-10-8-19(31-2)9-11-20/h3-11,17H,12-16H2,1-2H3,(H2,23,24,27,28). The highest BCUT2D eigenvalue weighted by Gasteiger charge is 2.32. The van der Waals surface area contributed by atoms with Gasteiger partial charge in [0.2, 0.25) is 15.9 Å². The fourth-order valence-electron chi connectivity index (χ4n) is 3.43. The van der Waals surface area contributed by atoms with E-state index in [1.165, 1.54) is 23.5 Å². The van der Waals surface area contributed by atoms with E-state index < -0.39 is 28.0 Å². The number of imide groups is 1. The van der Waals surface area contributed by atoms with Crippen molar-refractivity contribution < 1.29 is 22.7 Å². The van der Waals surface area contributed by atoms with Gasteiger partial charge in [0.15, 0.2) is 0 Å². The van der Waals surface area contributed by atoms with Crippen LogP contribution in [0.5, 0.6) is 5.75 Å². The SMILES string of the molecule is COc1ccc(S(=O)(=O)N2CCN(C(C)C(=O)NC(=O)NCc3ccccc3)CC2)cc1. The van der Waals surface area contributed by atoms with E-state index in [1.807, 2.05) is 35.2 Å². The van der Waals surface area contributed by atoms with Crippen molar-refractivity contribution in [2.24, 2.45) is 0 Å². The minimum atomic E-state index is -3.62. The second-order valence-corrected chi connectivity index (χ2v) is 9.39. The summed E-state index contributed by atoms with van der Waals surface area (Å²) in [4.78, 5) is 26.6. The molecule has 1 atom stereocenters. The van der Waals surface area contributed by atoms with Gasteiger partial charge in [-0.3, -0.25) is 15.0 Å². The summed E-state index contributed by atoms with van der Waals surface area (Å²) in [5.41, 5.74) is 0.928. The molecule has 0 aliphatic carbocycles. The van der Waals surface area contributed by atoms with Gasteiger partial charge in [0.05, 0.1) is 18.0 Å². The summed E-state index contributed by atoms with van der Waals surface area (Å²) >= 11 is 0. The zero-order valence-electron chi connectivity index (χ0n) is 18.2. The molecule has 2 aromatic carbocycles. The first-order valence-electron chi connectivity index (χ1n) is 10.3. The second-order valence-electron chi connectivity index (χ2n) is 7.45. The number of nitrogens with zero attached hydrogens (tertiary/aromatic N) is 2. The summed E-state index contributed by atoms with van der Waals surface area (Å²) in [6.07, 6.45) is 0. The number of carbonyl (C=O) groups excluding carboxylic acids is 2. The summed E-state index contributed by atoms with van der Waals surface area (Å²) in [6.45, 7) is 3.30. The zero-order valence-corrected chi connectivity index (χ0v) is 19.0. The van der Waals surface area contributed by atoms with Crippen molar-refractivity contribution >= 4 is 22.0 Å². The van der Waals surface area contributed by atoms with Crippen molar-refractivity contribution in [1.82, 2.24) is 19.8 Å². The topological polar surface area (TPSA) is 108 Å². The lowest BCUT2D eigenvalue weighted by atomic mass is 10.2. The second kappa shape index (κ2) is 10.6. The molecular formula is C22H28N4O5S. The first-order chi connectivity index (χ1) is 15.3. The van der Waals surface area contributed by atoms with Crippen LogP contribution in [0.4, 0.5) is 4.79 Å². The molecule has 1 aliphatic rings. The highest BCUT2D eigenvalue weighted by Crippen LogP contribution is 2.21. The Labute approximate surface area is 188 Å². The third-order valence-electron chi connectivity index (χ3n) is 5.43. The van der Waals surface area contributed by atoms with Gasteiger partial charge in [-0.15, -0.1) is 0 Å². The van der Waals surface area contributed by atoms with E-state index in [0.717, 1.165) is 5.56 Å². The van der Waals surface area contributed by atoms with Crippen LogP contribution in [-0.2, 0) is 21.4 Å². The maximum absolute atomic E-state index is 12.9. The Morgan fingerprint density at radius 1 is 1.00 bits per heavy atom. The number of methoxy groups -OCH3 is 1. The smallest absolute Gasteiger partial charge is 0.321 e. The van der Waals surface area contributed by atoms with Crippen LogP contribution in [0.2, 0.25) is 0 Å². The largest absolute Gasteiger partial charge is 0.497 e. The van der Waals surface area contributed by atoms with Crippen molar-refractivity contribution in [3.8, 4) is 5.75 Å². The lowest BCUT2D eigenvalue weighted by molar-refractivity contribution is -0.125. The average molecular weight is 461 g/mol. The molecular weight excluding hydrogens is 432 g/mol. The summed E-state index contributed by atoms with van der Waals surface area (Å²) < 4.78 is 32.2. The number of amides is 3. The average Bonchev–Trinajstić information content (AvgIpc) is 2.83. The van der Waals surface area contributed by atoms with Crippen molar-refractivity contribution in [2.75, 3.05) is 33.3 Å². The predicted octanol–water partition coefficient (Wildman–Crippen LogP) is 1.42. The Hall–Kier alpha value is -2.95. The molecule has 9 nitrogen and oxygen atoms in total. The van der Waals surface area contributed by atoms with Crippen LogP contribution >= 0.6 is 0 Å². The fourth-order valence-corrected chi connectivity index (χ4v) is 4.85. The number of nitrogens with one attached hydrogen (secondary N) is 2. The van der Waals surface area contributed by atoms with Gasteiger partial charge in [0, 0.05) is 32.7 Å². The summed E-state index contributed by atoms with van der Waals surface area (Å²) in [5, 5.41) is 5.01. The van der Waals surface area contributed by atoms with Gasteiger partial charge >= 0.3 is 6.03 Å². The van der Waals surface area contributed by atoms with E-state index in [2.05, 4.69) is 10.6 Å². The number of carbonyl (C=O) groups is 2. The molecule has 1 unspecified atom stereocenters. The van der Waals surface area contributed by atoms with Crippen LogP contribution in [0.3, 0.4) is 0 Å². The number of hydrogen-bond donors (Lipinski definition) is 2. The van der Waals surface area contributed by atoms with E-state index >= 15 is 0 Å². The third kappa shape index (κ3) is 5.84. The van der Waals surface area contributed by atoms with E-state index in [9.17, 15) is 18.0 Å². The number of benzene rings is 2. The monoisotopic (exact) mass is 460 g/mol. The minimum Gasteiger partial charge on any atom is -0.497 e. The number of hydrogen-bond acceptors (Lipinski definition) is 6. The third-order valence-corrected chi connectivity index (χ3v) is 7.34. The molecule has 0 aromatic heterocycles. The first kappa shape index (κ1) is 23.7. The maximum Gasteiger partial charge on any atom is 0.321 e. The fraction of sp³-hybridized carbons (Fsp3) is 0.364. The molecule has 10 heteroatoms. The summed E-state index contributed by atoms with van der Waals surface area (Å²) in [5.74, 6) is 0.156. The zero-order chi connectivity index (χ0) is 23.1.